The van der Waals surface area contributed by atoms with Gasteiger partial charge >= 0.3 is 0 Å². The summed E-state index contributed by atoms with van der Waals surface area (Å²) in [6, 6.07) is 8.43. The van der Waals surface area contributed by atoms with Gasteiger partial charge in [0, 0.05) is 32.4 Å². The first-order valence-corrected chi connectivity index (χ1v) is 6.46. The van der Waals surface area contributed by atoms with E-state index < -0.39 is 0 Å². The zero-order chi connectivity index (χ0) is 13.2. The molecule has 4 nitrogen and oxygen atoms in total. The Morgan fingerprint density at radius 1 is 1.22 bits per heavy atom. The Bertz CT molecular complexity index is 314. The largest absolute Gasteiger partial charge is 0.395 e. The van der Waals surface area contributed by atoms with Crippen LogP contribution in [-0.4, -0.2) is 45.1 Å². The van der Waals surface area contributed by atoms with Crippen molar-refractivity contribution in [2.75, 3.05) is 44.9 Å². The molecule has 0 aromatic heterocycles. The molecular weight excluding hydrogens is 228 g/mol. The fourth-order valence-corrected chi connectivity index (χ4v) is 1.79. The summed E-state index contributed by atoms with van der Waals surface area (Å²) >= 11 is 0. The van der Waals surface area contributed by atoms with E-state index in [2.05, 4.69) is 41.4 Å². The highest BCUT2D eigenvalue weighted by Gasteiger charge is 2.05. The summed E-state index contributed by atoms with van der Waals surface area (Å²) < 4.78 is 5.08. The standard InChI is InChI=1S/C14H24N2O2/c1-3-15-12-13-4-6-14(7-5-13)16(8-10-17)9-11-18-2/h4-7,15,17H,3,8-12H2,1-2H3. The smallest absolute Gasteiger partial charge is 0.0637 e. The summed E-state index contributed by atoms with van der Waals surface area (Å²) in [5, 5.41) is 12.4. The average molecular weight is 252 g/mol. The Hall–Kier alpha value is -1.10. The summed E-state index contributed by atoms with van der Waals surface area (Å²) in [6.07, 6.45) is 0. The lowest BCUT2D eigenvalue weighted by Crippen LogP contribution is -2.30. The van der Waals surface area contributed by atoms with Crippen molar-refractivity contribution in [1.29, 1.82) is 0 Å². The second-order valence-electron chi connectivity index (χ2n) is 4.15. The van der Waals surface area contributed by atoms with E-state index in [4.69, 9.17) is 9.84 Å². The first-order valence-electron chi connectivity index (χ1n) is 6.46. The highest BCUT2D eigenvalue weighted by molar-refractivity contribution is 5.47. The van der Waals surface area contributed by atoms with E-state index in [1.54, 1.807) is 7.11 Å². The molecule has 1 aromatic rings. The molecule has 0 bridgehead atoms. The van der Waals surface area contributed by atoms with E-state index in [-0.39, 0.29) is 6.61 Å². The van der Waals surface area contributed by atoms with Crippen molar-refractivity contribution in [3.8, 4) is 0 Å². The molecule has 0 unspecified atom stereocenters. The predicted molar refractivity (Wildman–Crippen MR) is 75.0 cm³/mol. The maximum absolute atomic E-state index is 9.08. The minimum atomic E-state index is 0.156. The van der Waals surface area contributed by atoms with Crippen LogP contribution < -0.4 is 10.2 Å². The number of methoxy groups -OCH3 is 1. The number of anilines is 1. The molecule has 0 aliphatic rings. The van der Waals surface area contributed by atoms with Gasteiger partial charge in [0.05, 0.1) is 13.2 Å². The van der Waals surface area contributed by atoms with E-state index in [0.717, 1.165) is 25.3 Å². The van der Waals surface area contributed by atoms with Gasteiger partial charge in [-0.2, -0.15) is 0 Å². The molecule has 0 heterocycles. The van der Waals surface area contributed by atoms with Crippen LogP contribution in [0.3, 0.4) is 0 Å². The van der Waals surface area contributed by atoms with Gasteiger partial charge in [0.2, 0.25) is 0 Å². The summed E-state index contributed by atoms with van der Waals surface area (Å²) in [5.74, 6) is 0. The van der Waals surface area contributed by atoms with Crippen LogP contribution in [0.4, 0.5) is 5.69 Å². The molecule has 0 radical (unpaired) electrons. The number of rotatable bonds is 9. The highest BCUT2D eigenvalue weighted by atomic mass is 16.5. The van der Waals surface area contributed by atoms with E-state index in [0.29, 0.717) is 13.2 Å². The molecule has 0 spiro atoms. The predicted octanol–water partition coefficient (Wildman–Crippen LogP) is 1.24. The van der Waals surface area contributed by atoms with Crippen LogP contribution in [0, 0.1) is 0 Å². The van der Waals surface area contributed by atoms with Gasteiger partial charge in [-0.3, -0.25) is 0 Å². The lowest BCUT2D eigenvalue weighted by atomic mass is 10.2. The maximum atomic E-state index is 9.08. The lowest BCUT2D eigenvalue weighted by molar-refractivity contribution is 0.203. The van der Waals surface area contributed by atoms with E-state index in [9.17, 15) is 0 Å². The molecule has 18 heavy (non-hydrogen) atoms. The van der Waals surface area contributed by atoms with Gasteiger partial charge in [-0.05, 0) is 24.2 Å². The van der Waals surface area contributed by atoms with Gasteiger partial charge in [0.15, 0.2) is 0 Å². The summed E-state index contributed by atoms with van der Waals surface area (Å²) in [5.41, 5.74) is 2.40. The molecule has 0 saturated carbocycles. The molecule has 102 valence electrons. The number of hydrogen-bond acceptors (Lipinski definition) is 4. The number of nitrogens with one attached hydrogen (secondary N) is 1. The van der Waals surface area contributed by atoms with Crippen molar-refractivity contribution < 1.29 is 9.84 Å². The lowest BCUT2D eigenvalue weighted by Gasteiger charge is -2.23. The second kappa shape index (κ2) is 8.91. The third-order valence-corrected chi connectivity index (χ3v) is 2.82. The van der Waals surface area contributed by atoms with Crippen molar-refractivity contribution in [2.45, 2.75) is 13.5 Å². The van der Waals surface area contributed by atoms with Gasteiger partial charge in [-0.1, -0.05) is 19.1 Å². The van der Waals surface area contributed by atoms with Crippen LogP contribution in [0.1, 0.15) is 12.5 Å². The Labute approximate surface area is 110 Å². The Morgan fingerprint density at radius 3 is 2.50 bits per heavy atom. The molecule has 0 saturated heterocycles. The number of aliphatic hydroxyl groups is 1. The summed E-state index contributed by atoms with van der Waals surface area (Å²) in [7, 11) is 1.69. The van der Waals surface area contributed by atoms with Crippen LogP contribution in [0.15, 0.2) is 24.3 Å². The summed E-state index contributed by atoms with van der Waals surface area (Å²) in [6.45, 7) is 6.23. The molecule has 0 atom stereocenters. The molecule has 0 amide bonds. The van der Waals surface area contributed by atoms with Crippen LogP contribution in [0.5, 0.6) is 0 Å². The fourth-order valence-electron chi connectivity index (χ4n) is 1.79. The van der Waals surface area contributed by atoms with Crippen LogP contribution in [-0.2, 0) is 11.3 Å². The zero-order valence-corrected chi connectivity index (χ0v) is 11.4. The van der Waals surface area contributed by atoms with E-state index >= 15 is 0 Å². The molecule has 1 aromatic carbocycles. The average Bonchev–Trinajstić information content (AvgIpc) is 2.42. The molecule has 0 aliphatic heterocycles. The monoisotopic (exact) mass is 252 g/mol. The SMILES string of the molecule is CCNCc1ccc(N(CCO)CCOC)cc1. The molecule has 0 fully saturated rings. The normalized spacial score (nSPS) is 10.6. The topological polar surface area (TPSA) is 44.7 Å². The van der Waals surface area contributed by atoms with Crippen molar-refractivity contribution >= 4 is 5.69 Å². The molecule has 2 N–H and O–H groups in total. The third-order valence-electron chi connectivity index (χ3n) is 2.82. The molecule has 4 heteroatoms. The quantitative estimate of drug-likeness (QED) is 0.694. The van der Waals surface area contributed by atoms with Gasteiger partial charge in [0.1, 0.15) is 0 Å². The van der Waals surface area contributed by atoms with Crippen molar-refractivity contribution in [3.05, 3.63) is 29.8 Å². The number of hydrogen-bond donors (Lipinski definition) is 2. The number of ether oxygens (including phenoxy) is 1. The number of aliphatic hydroxyl groups excluding tert-OH is 1. The number of nitrogens with zero attached hydrogens (tertiary/aromatic N) is 1. The fraction of sp³-hybridized carbons (Fsp3) is 0.571. The van der Waals surface area contributed by atoms with Crippen molar-refractivity contribution in [1.82, 2.24) is 5.32 Å². The van der Waals surface area contributed by atoms with Gasteiger partial charge in [0.25, 0.3) is 0 Å². The van der Waals surface area contributed by atoms with Gasteiger partial charge in [-0.25, -0.2) is 0 Å². The van der Waals surface area contributed by atoms with Crippen molar-refractivity contribution in [3.63, 3.8) is 0 Å². The van der Waals surface area contributed by atoms with Crippen molar-refractivity contribution in [2.24, 2.45) is 0 Å². The first kappa shape index (κ1) is 15.0. The maximum Gasteiger partial charge on any atom is 0.0637 e. The van der Waals surface area contributed by atoms with E-state index in [1.807, 2.05) is 0 Å². The van der Waals surface area contributed by atoms with Crippen LogP contribution in [0.25, 0.3) is 0 Å². The van der Waals surface area contributed by atoms with Gasteiger partial charge < -0.3 is 20.1 Å². The Kier molecular flexibility index (Phi) is 7.41. The van der Waals surface area contributed by atoms with Crippen LogP contribution in [0.2, 0.25) is 0 Å². The Morgan fingerprint density at radius 2 is 1.94 bits per heavy atom. The zero-order valence-electron chi connectivity index (χ0n) is 11.4. The first-order chi connectivity index (χ1) is 8.81. The highest BCUT2D eigenvalue weighted by Crippen LogP contribution is 2.14. The number of benzene rings is 1. The minimum Gasteiger partial charge on any atom is -0.395 e. The Balaban J connectivity index is 2.61. The molecular formula is C14H24N2O2. The van der Waals surface area contributed by atoms with E-state index in [1.165, 1.54) is 5.56 Å². The molecule has 0 aliphatic carbocycles. The molecule has 1 rings (SSSR count). The van der Waals surface area contributed by atoms with Crippen LogP contribution >= 0.6 is 0 Å². The second-order valence-corrected chi connectivity index (χ2v) is 4.15. The van der Waals surface area contributed by atoms with Gasteiger partial charge in [-0.15, -0.1) is 0 Å². The minimum absolute atomic E-state index is 0.156. The summed E-state index contributed by atoms with van der Waals surface area (Å²) in [4.78, 5) is 2.13. The third kappa shape index (κ3) is 5.04.